The summed E-state index contributed by atoms with van der Waals surface area (Å²) in [5, 5.41) is 10.1. The first-order valence-electron chi connectivity index (χ1n) is 6.15. The van der Waals surface area contributed by atoms with Gasteiger partial charge >= 0.3 is 0 Å². The molecule has 0 fully saturated rings. The first kappa shape index (κ1) is 14.0. The van der Waals surface area contributed by atoms with Crippen LogP contribution in [0.3, 0.4) is 0 Å². The molecule has 3 nitrogen and oxygen atoms in total. The number of nitrogens with zero attached hydrogens (tertiary/aromatic N) is 1. The molecule has 96 valence electrons. The monoisotopic (exact) mass is 237 g/mol. The first-order valence-corrected chi connectivity index (χ1v) is 6.15. The highest BCUT2D eigenvalue weighted by Crippen LogP contribution is 2.18. The van der Waals surface area contributed by atoms with Crippen LogP contribution in [0.15, 0.2) is 24.3 Å². The second-order valence-electron chi connectivity index (χ2n) is 4.55. The summed E-state index contributed by atoms with van der Waals surface area (Å²) in [6.45, 7) is 7.50. The highest BCUT2D eigenvalue weighted by Gasteiger charge is 2.12. The highest BCUT2D eigenvalue weighted by atomic mass is 16.5. The lowest BCUT2D eigenvalue weighted by Crippen LogP contribution is -2.30. The van der Waals surface area contributed by atoms with Crippen LogP contribution in [0.5, 0.6) is 5.75 Å². The van der Waals surface area contributed by atoms with Crippen molar-refractivity contribution in [3.63, 3.8) is 0 Å². The molecular formula is C14H23NO2. The number of benzene rings is 1. The van der Waals surface area contributed by atoms with Gasteiger partial charge in [0.1, 0.15) is 5.75 Å². The second-order valence-corrected chi connectivity index (χ2v) is 4.55. The van der Waals surface area contributed by atoms with Crippen molar-refractivity contribution in [2.75, 3.05) is 20.2 Å². The molecule has 1 aromatic rings. The van der Waals surface area contributed by atoms with Crippen LogP contribution < -0.4 is 4.74 Å². The van der Waals surface area contributed by atoms with Crippen LogP contribution in [-0.4, -0.2) is 36.2 Å². The number of rotatable bonds is 6. The average molecular weight is 237 g/mol. The van der Waals surface area contributed by atoms with Gasteiger partial charge in [0.2, 0.25) is 0 Å². The maximum Gasteiger partial charge on any atom is 0.119 e. The van der Waals surface area contributed by atoms with E-state index < -0.39 is 6.10 Å². The van der Waals surface area contributed by atoms with Crippen molar-refractivity contribution < 1.29 is 9.84 Å². The van der Waals surface area contributed by atoms with E-state index in [0.717, 1.165) is 11.3 Å². The fraction of sp³-hybridized carbons (Fsp3) is 0.571. The number of aliphatic hydroxyl groups is 1. The Morgan fingerprint density at radius 1 is 1.24 bits per heavy atom. The van der Waals surface area contributed by atoms with Crippen LogP contribution >= 0.6 is 0 Å². The zero-order chi connectivity index (χ0) is 12.8. The molecule has 3 heteroatoms. The molecule has 1 N–H and O–H groups in total. The SMILES string of the molecule is CCOc1ccc(C(O)CN(C)C(C)C)cc1. The van der Waals surface area contributed by atoms with E-state index in [0.29, 0.717) is 19.2 Å². The van der Waals surface area contributed by atoms with Crippen molar-refractivity contribution in [3.05, 3.63) is 29.8 Å². The van der Waals surface area contributed by atoms with Crippen LogP contribution in [-0.2, 0) is 0 Å². The molecule has 17 heavy (non-hydrogen) atoms. The molecule has 1 atom stereocenters. The maximum absolute atomic E-state index is 10.1. The van der Waals surface area contributed by atoms with Gasteiger partial charge in [-0.15, -0.1) is 0 Å². The predicted molar refractivity (Wildman–Crippen MR) is 70.3 cm³/mol. The van der Waals surface area contributed by atoms with Gasteiger partial charge in [-0.1, -0.05) is 12.1 Å². The van der Waals surface area contributed by atoms with Crippen LogP contribution in [0.1, 0.15) is 32.4 Å². The van der Waals surface area contributed by atoms with Gasteiger partial charge in [0.05, 0.1) is 12.7 Å². The quantitative estimate of drug-likeness (QED) is 0.825. The topological polar surface area (TPSA) is 32.7 Å². The Labute approximate surface area is 104 Å². The van der Waals surface area contributed by atoms with E-state index in [1.165, 1.54) is 0 Å². The minimum absolute atomic E-state index is 0.437. The van der Waals surface area contributed by atoms with Crippen LogP contribution in [0.25, 0.3) is 0 Å². The number of hydrogen-bond donors (Lipinski definition) is 1. The van der Waals surface area contributed by atoms with Gasteiger partial charge in [-0.2, -0.15) is 0 Å². The van der Waals surface area contributed by atoms with Crippen LogP contribution in [0.4, 0.5) is 0 Å². The summed E-state index contributed by atoms with van der Waals surface area (Å²) in [6, 6.07) is 8.08. The Balaban J connectivity index is 2.60. The number of ether oxygens (including phenoxy) is 1. The van der Waals surface area contributed by atoms with Gasteiger partial charge < -0.3 is 14.7 Å². The van der Waals surface area contributed by atoms with E-state index in [2.05, 4.69) is 18.7 Å². The molecule has 0 aliphatic carbocycles. The normalized spacial score (nSPS) is 13.1. The summed E-state index contributed by atoms with van der Waals surface area (Å²) in [6.07, 6.45) is -0.446. The molecule has 0 aliphatic rings. The lowest BCUT2D eigenvalue weighted by atomic mass is 10.1. The average Bonchev–Trinajstić information content (AvgIpc) is 2.30. The van der Waals surface area contributed by atoms with Crippen molar-refractivity contribution in [1.29, 1.82) is 0 Å². The Morgan fingerprint density at radius 2 is 1.82 bits per heavy atom. The molecule has 0 aliphatic heterocycles. The fourth-order valence-electron chi connectivity index (χ4n) is 1.54. The van der Waals surface area contributed by atoms with E-state index in [9.17, 15) is 5.11 Å². The third-order valence-corrected chi connectivity index (χ3v) is 2.92. The Kier molecular flexibility index (Phi) is 5.45. The molecular weight excluding hydrogens is 214 g/mol. The van der Waals surface area contributed by atoms with Crippen LogP contribution in [0, 0.1) is 0 Å². The lowest BCUT2D eigenvalue weighted by molar-refractivity contribution is 0.112. The molecule has 0 amide bonds. The van der Waals surface area contributed by atoms with Crippen molar-refractivity contribution in [2.24, 2.45) is 0 Å². The third-order valence-electron chi connectivity index (χ3n) is 2.92. The van der Waals surface area contributed by atoms with Gasteiger partial charge in [-0.25, -0.2) is 0 Å². The molecule has 0 spiro atoms. The molecule has 0 saturated heterocycles. The van der Waals surface area contributed by atoms with Gasteiger partial charge in [-0.05, 0) is 45.5 Å². The Morgan fingerprint density at radius 3 is 2.29 bits per heavy atom. The largest absolute Gasteiger partial charge is 0.494 e. The number of aliphatic hydroxyl groups excluding tert-OH is 1. The predicted octanol–water partition coefficient (Wildman–Crippen LogP) is 2.46. The van der Waals surface area contributed by atoms with Gasteiger partial charge in [0.15, 0.2) is 0 Å². The summed E-state index contributed by atoms with van der Waals surface area (Å²) in [4.78, 5) is 2.13. The highest BCUT2D eigenvalue weighted by molar-refractivity contribution is 5.28. The Hall–Kier alpha value is -1.06. The second kappa shape index (κ2) is 6.62. The summed E-state index contributed by atoms with van der Waals surface area (Å²) >= 11 is 0. The van der Waals surface area contributed by atoms with Crippen molar-refractivity contribution >= 4 is 0 Å². The number of likely N-dealkylation sites (N-methyl/N-ethyl adjacent to an activating group) is 1. The molecule has 0 heterocycles. The van der Waals surface area contributed by atoms with Crippen LogP contribution in [0.2, 0.25) is 0 Å². The van der Waals surface area contributed by atoms with E-state index in [1.54, 1.807) is 0 Å². The van der Waals surface area contributed by atoms with Crippen molar-refractivity contribution in [1.82, 2.24) is 4.90 Å². The third kappa shape index (κ3) is 4.36. The molecule has 1 unspecified atom stereocenters. The van der Waals surface area contributed by atoms with Crippen molar-refractivity contribution in [2.45, 2.75) is 32.9 Å². The molecule has 1 aromatic carbocycles. The fourth-order valence-corrected chi connectivity index (χ4v) is 1.54. The summed E-state index contributed by atoms with van der Waals surface area (Å²) in [5.41, 5.74) is 0.931. The van der Waals surface area contributed by atoms with E-state index >= 15 is 0 Å². The standard InChI is InChI=1S/C14H23NO2/c1-5-17-13-8-6-12(7-9-13)14(16)10-15(4)11(2)3/h6-9,11,14,16H,5,10H2,1-4H3. The zero-order valence-corrected chi connectivity index (χ0v) is 11.2. The van der Waals surface area contributed by atoms with Gasteiger partial charge in [-0.3, -0.25) is 0 Å². The van der Waals surface area contributed by atoms with Gasteiger partial charge in [0, 0.05) is 12.6 Å². The smallest absolute Gasteiger partial charge is 0.119 e. The number of hydrogen-bond acceptors (Lipinski definition) is 3. The maximum atomic E-state index is 10.1. The summed E-state index contributed by atoms with van der Waals surface area (Å²) in [5.74, 6) is 0.848. The molecule has 1 rings (SSSR count). The first-order chi connectivity index (χ1) is 8.04. The minimum atomic E-state index is -0.446. The zero-order valence-electron chi connectivity index (χ0n) is 11.2. The Bertz CT molecular complexity index is 321. The molecule has 0 radical (unpaired) electrons. The van der Waals surface area contributed by atoms with E-state index in [4.69, 9.17) is 4.74 Å². The van der Waals surface area contributed by atoms with E-state index in [1.807, 2.05) is 38.2 Å². The lowest BCUT2D eigenvalue weighted by Gasteiger charge is -2.24. The van der Waals surface area contributed by atoms with Crippen molar-refractivity contribution in [3.8, 4) is 5.75 Å². The van der Waals surface area contributed by atoms with E-state index in [-0.39, 0.29) is 0 Å². The van der Waals surface area contributed by atoms with Gasteiger partial charge in [0.25, 0.3) is 0 Å². The minimum Gasteiger partial charge on any atom is -0.494 e. The molecule has 0 bridgehead atoms. The molecule has 0 aromatic heterocycles. The summed E-state index contributed by atoms with van der Waals surface area (Å²) < 4.78 is 5.37. The molecule has 0 saturated carbocycles. The summed E-state index contributed by atoms with van der Waals surface area (Å²) in [7, 11) is 2.02.